The van der Waals surface area contributed by atoms with Crippen molar-refractivity contribution in [2.75, 3.05) is 17.2 Å². The number of hydrogen-bond acceptors (Lipinski definition) is 8. The number of esters is 1. The highest BCUT2D eigenvalue weighted by atomic mass is 32.1. The highest BCUT2D eigenvalue weighted by Crippen LogP contribution is 2.46. The van der Waals surface area contributed by atoms with Crippen LogP contribution in [0.5, 0.6) is 0 Å². The molecule has 0 radical (unpaired) electrons. The van der Waals surface area contributed by atoms with Gasteiger partial charge in [0.2, 0.25) is 5.92 Å². The lowest BCUT2D eigenvalue weighted by molar-refractivity contribution is -0.148. The van der Waals surface area contributed by atoms with E-state index in [1.807, 2.05) is 0 Å². The molecule has 1 unspecified atom stereocenters. The van der Waals surface area contributed by atoms with E-state index in [0.29, 0.717) is 31.4 Å². The van der Waals surface area contributed by atoms with Gasteiger partial charge in [-0.2, -0.15) is 0 Å². The summed E-state index contributed by atoms with van der Waals surface area (Å²) in [4.78, 5) is 44.6. The average Bonchev–Trinajstić information content (AvgIpc) is 3.40. The minimum absolute atomic E-state index is 0.0170. The van der Waals surface area contributed by atoms with Crippen LogP contribution in [0.15, 0.2) is 15.9 Å². The first kappa shape index (κ1) is 25.0. The van der Waals surface area contributed by atoms with Gasteiger partial charge in [-0.25, -0.2) is 13.8 Å². The third-order valence-corrected chi connectivity index (χ3v) is 9.30. The van der Waals surface area contributed by atoms with Gasteiger partial charge in [0, 0.05) is 23.3 Å². The Bertz CT molecular complexity index is 1420. The largest absolute Gasteiger partial charge is 0.466 e. The number of alkyl halides is 2. The van der Waals surface area contributed by atoms with Crippen LogP contribution in [0.2, 0.25) is 0 Å². The van der Waals surface area contributed by atoms with E-state index in [0.717, 1.165) is 21.0 Å². The van der Waals surface area contributed by atoms with Crippen LogP contribution in [0.4, 0.5) is 19.5 Å². The first-order valence-corrected chi connectivity index (χ1v) is 13.8. The number of pyridine rings is 1. The molecule has 1 fully saturated rings. The zero-order chi connectivity index (χ0) is 26.8. The van der Waals surface area contributed by atoms with E-state index in [-0.39, 0.29) is 36.1 Å². The molecule has 2 aliphatic heterocycles. The Morgan fingerprint density at radius 1 is 1.29 bits per heavy atom. The van der Waals surface area contributed by atoms with Gasteiger partial charge in [-0.3, -0.25) is 19.0 Å². The van der Waals surface area contributed by atoms with Crippen LogP contribution >= 0.6 is 11.3 Å². The number of ether oxygens (including phenoxy) is 1. The van der Waals surface area contributed by atoms with Crippen molar-refractivity contribution >= 4 is 40.2 Å². The number of thiophene rings is 1. The fraction of sp³-hybridized carbons (Fsp3) is 0.538. The van der Waals surface area contributed by atoms with Crippen molar-refractivity contribution in [1.82, 2.24) is 9.88 Å². The second-order valence-electron chi connectivity index (χ2n) is 10.5. The molecule has 38 heavy (non-hydrogen) atoms. The molecular formula is C26H29F2N5O4S. The number of aliphatic imine (C=N–C) groups is 1. The van der Waals surface area contributed by atoms with Gasteiger partial charge in [-0.05, 0) is 63.1 Å². The molecule has 3 N–H and O–H groups in total. The van der Waals surface area contributed by atoms with Crippen LogP contribution < -0.4 is 21.5 Å². The lowest BCUT2D eigenvalue weighted by Crippen LogP contribution is -2.51. The van der Waals surface area contributed by atoms with Gasteiger partial charge in [-0.15, -0.1) is 11.3 Å². The number of fused-ring (bicyclic) bond motifs is 5. The number of aromatic nitrogens is 1. The predicted molar refractivity (Wildman–Crippen MR) is 139 cm³/mol. The molecule has 4 heterocycles. The summed E-state index contributed by atoms with van der Waals surface area (Å²) in [6.45, 7) is 3.89. The molecule has 202 valence electrons. The SMILES string of the molecule is CCOC(=O)[C@H]1CCc2c(sc3c2C(Nc2cc(C)c4n(c2=O)C2(CCC(F)(F)CC2)NC4=O)N=CN3)C1. The normalized spacial score (nSPS) is 24.2. The number of anilines is 2. The highest BCUT2D eigenvalue weighted by molar-refractivity contribution is 7.16. The average molecular weight is 546 g/mol. The van der Waals surface area contributed by atoms with E-state index in [1.165, 1.54) is 4.57 Å². The molecular weight excluding hydrogens is 516 g/mol. The van der Waals surface area contributed by atoms with E-state index in [9.17, 15) is 23.2 Å². The molecule has 1 amide bonds. The van der Waals surface area contributed by atoms with Crippen molar-refractivity contribution < 1.29 is 23.1 Å². The molecule has 12 heteroatoms. The van der Waals surface area contributed by atoms with Crippen LogP contribution in [-0.4, -0.2) is 35.3 Å². The molecule has 0 bridgehead atoms. The van der Waals surface area contributed by atoms with Crippen LogP contribution in [-0.2, 0) is 28.0 Å². The number of carbonyl (C=O) groups is 2. The fourth-order valence-corrected chi connectivity index (χ4v) is 7.53. The maximum absolute atomic E-state index is 14.0. The Hall–Kier alpha value is -3.28. The maximum atomic E-state index is 14.0. The van der Waals surface area contributed by atoms with E-state index >= 15 is 0 Å². The number of aryl methyl sites for hydroxylation is 1. The predicted octanol–water partition coefficient (Wildman–Crippen LogP) is 4.06. The summed E-state index contributed by atoms with van der Waals surface area (Å²) in [5, 5.41) is 10.2. The lowest BCUT2D eigenvalue weighted by Gasteiger charge is -2.38. The number of amides is 1. The minimum Gasteiger partial charge on any atom is -0.466 e. The summed E-state index contributed by atoms with van der Waals surface area (Å²) >= 11 is 1.58. The van der Waals surface area contributed by atoms with Crippen LogP contribution in [0.25, 0.3) is 0 Å². The standard InChI is InChI=1S/C26H29F2N5O4S/c1-3-37-24(36)14-4-5-15-17(11-14)38-22-18(15)20(29-12-30-22)31-16-10-13(2)19-21(34)32-26(33(19)23(16)35)8-6-25(27,28)7-9-26/h10,12,14,20,31H,3-9,11H2,1-2H3,(H,29,30)(H,32,34)/t14-,20?/m0/s1. The summed E-state index contributed by atoms with van der Waals surface area (Å²) in [5.41, 5.74) is 1.54. The second-order valence-corrected chi connectivity index (χ2v) is 11.6. The Morgan fingerprint density at radius 3 is 2.79 bits per heavy atom. The molecule has 0 aromatic carbocycles. The topological polar surface area (TPSA) is 114 Å². The Balaban J connectivity index is 1.34. The molecule has 2 atom stereocenters. The Kier molecular flexibility index (Phi) is 5.85. The van der Waals surface area contributed by atoms with Gasteiger partial charge in [0.15, 0.2) is 0 Å². The number of nitrogens with one attached hydrogen (secondary N) is 3. The van der Waals surface area contributed by atoms with Crippen LogP contribution in [0.1, 0.15) is 77.2 Å². The number of hydrogen-bond donors (Lipinski definition) is 3. The summed E-state index contributed by atoms with van der Waals surface area (Å²) in [6, 6.07) is 1.64. The van der Waals surface area contributed by atoms with E-state index in [4.69, 9.17) is 4.74 Å². The van der Waals surface area contributed by atoms with Crippen molar-refractivity contribution in [1.29, 1.82) is 0 Å². The van der Waals surface area contributed by atoms with Crippen molar-refractivity contribution in [2.24, 2.45) is 10.9 Å². The smallest absolute Gasteiger partial charge is 0.309 e. The molecule has 0 saturated heterocycles. The van der Waals surface area contributed by atoms with Crippen molar-refractivity contribution in [3.8, 4) is 0 Å². The molecule has 4 aliphatic rings. The van der Waals surface area contributed by atoms with Gasteiger partial charge in [0.25, 0.3) is 11.5 Å². The molecule has 2 aromatic rings. The quantitative estimate of drug-likeness (QED) is 0.500. The zero-order valence-corrected chi connectivity index (χ0v) is 22.0. The van der Waals surface area contributed by atoms with Crippen molar-refractivity contribution in [2.45, 2.75) is 76.5 Å². The second kappa shape index (κ2) is 8.89. The third-order valence-electron chi connectivity index (χ3n) is 8.10. The highest BCUT2D eigenvalue weighted by Gasteiger charge is 2.51. The molecule has 1 spiro atoms. The van der Waals surface area contributed by atoms with Gasteiger partial charge in [0.1, 0.15) is 28.2 Å². The van der Waals surface area contributed by atoms with E-state index < -0.39 is 42.1 Å². The summed E-state index contributed by atoms with van der Waals surface area (Å²) in [6.07, 6.45) is 2.17. The Labute approximate surface area is 221 Å². The number of carbonyl (C=O) groups excluding carboxylic acids is 2. The molecule has 9 nitrogen and oxygen atoms in total. The lowest BCUT2D eigenvalue weighted by atomic mass is 9.86. The van der Waals surface area contributed by atoms with E-state index in [1.54, 1.807) is 37.6 Å². The van der Waals surface area contributed by atoms with Gasteiger partial charge in [0.05, 0.1) is 18.9 Å². The summed E-state index contributed by atoms with van der Waals surface area (Å²) < 4.78 is 34.6. The first-order valence-electron chi connectivity index (χ1n) is 13.0. The maximum Gasteiger partial charge on any atom is 0.309 e. The summed E-state index contributed by atoms with van der Waals surface area (Å²) in [5.74, 6) is -3.58. The van der Waals surface area contributed by atoms with Crippen LogP contribution in [0.3, 0.4) is 0 Å². The molecule has 2 aliphatic carbocycles. The molecule has 6 rings (SSSR count). The number of nitrogens with zero attached hydrogens (tertiary/aromatic N) is 2. The van der Waals surface area contributed by atoms with Crippen molar-refractivity contribution in [3.05, 3.63) is 43.7 Å². The minimum atomic E-state index is -2.81. The molecule has 1 saturated carbocycles. The van der Waals surface area contributed by atoms with E-state index in [2.05, 4.69) is 20.9 Å². The number of halogens is 2. The Morgan fingerprint density at radius 2 is 2.05 bits per heavy atom. The third kappa shape index (κ3) is 3.91. The number of rotatable bonds is 4. The van der Waals surface area contributed by atoms with Crippen LogP contribution in [0, 0.1) is 12.8 Å². The fourth-order valence-electron chi connectivity index (χ4n) is 6.21. The van der Waals surface area contributed by atoms with Gasteiger partial charge in [-0.1, -0.05) is 0 Å². The monoisotopic (exact) mass is 545 g/mol. The zero-order valence-electron chi connectivity index (χ0n) is 21.2. The van der Waals surface area contributed by atoms with Crippen molar-refractivity contribution in [3.63, 3.8) is 0 Å². The first-order chi connectivity index (χ1) is 18.1. The van der Waals surface area contributed by atoms with Gasteiger partial charge < -0.3 is 20.7 Å². The summed E-state index contributed by atoms with van der Waals surface area (Å²) in [7, 11) is 0. The van der Waals surface area contributed by atoms with Gasteiger partial charge >= 0.3 is 5.97 Å². The molecule has 2 aromatic heterocycles.